The average Bonchev–Trinajstić information content (AvgIpc) is 2.48. The van der Waals surface area contributed by atoms with Crippen LogP contribution in [0.15, 0.2) is 24.3 Å². The van der Waals surface area contributed by atoms with Crippen molar-refractivity contribution in [2.24, 2.45) is 0 Å². The van der Waals surface area contributed by atoms with Gasteiger partial charge in [0, 0.05) is 18.2 Å². The third-order valence-electron chi connectivity index (χ3n) is 2.85. The van der Waals surface area contributed by atoms with E-state index in [1.807, 2.05) is 0 Å². The van der Waals surface area contributed by atoms with E-state index >= 15 is 0 Å². The maximum absolute atomic E-state index is 5.74. The maximum atomic E-state index is 5.74. The van der Waals surface area contributed by atoms with Crippen LogP contribution in [-0.4, -0.2) is 19.8 Å². The maximum Gasteiger partial charge on any atom is 0.129 e. The molecule has 2 heterocycles. The monoisotopic (exact) mass is 193 g/mol. The van der Waals surface area contributed by atoms with Gasteiger partial charge in [-0.15, -0.1) is 0 Å². The first-order valence-corrected chi connectivity index (χ1v) is 6.25. The fourth-order valence-corrected chi connectivity index (χ4v) is 3.60. The van der Waals surface area contributed by atoms with Gasteiger partial charge in [0.1, 0.15) is 8.30 Å². The van der Waals surface area contributed by atoms with Gasteiger partial charge in [0.15, 0.2) is 0 Å². The molecule has 68 valence electrons. The van der Waals surface area contributed by atoms with Crippen molar-refractivity contribution in [2.45, 2.75) is 5.92 Å². The summed E-state index contributed by atoms with van der Waals surface area (Å²) in [4.78, 5) is 0. The molecule has 0 aromatic heterocycles. The quantitative estimate of drug-likeness (QED) is 0.587. The minimum atomic E-state index is -0.367. The highest BCUT2D eigenvalue weighted by molar-refractivity contribution is 7.53. The fraction of sp³-hybridized carbons (Fsp3) is 0.400. The molecule has 3 rings (SSSR count). The van der Waals surface area contributed by atoms with Crippen LogP contribution >= 0.6 is 8.30 Å². The third-order valence-corrected chi connectivity index (χ3v) is 4.43. The summed E-state index contributed by atoms with van der Waals surface area (Å²) in [6.45, 7) is 4.27. The molecule has 0 saturated carbocycles. The van der Waals surface area contributed by atoms with Crippen molar-refractivity contribution in [3.8, 4) is 0 Å². The smallest absolute Gasteiger partial charge is 0.129 e. The minimum absolute atomic E-state index is 0.367. The lowest BCUT2D eigenvalue weighted by molar-refractivity contribution is 0.310. The van der Waals surface area contributed by atoms with Gasteiger partial charge >= 0.3 is 0 Å². The lowest BCUT2D eigenvalue weighted by atomic mass is 10.0. The second kappa shape index (κ2) is 2.70. The van der Waals surface area contributed by atoms with Crippen LogP contribution in [0.1, 0.15) is 11.5 Å². The molecule has 1 fully saturated rings. The first-order chi connectivity index (χ1) is 6.36. The Morgan fingerprint density at radius 1 is 1.46 bits per heavy atom. The van der Waals surface area contributed by atoms with Crippen molar-refractivity contribution in [3.63, 3.8) is 0 Å². The van der Waals surface area contributed by atoms with Gasteiger partial charge in [-0.2, -0.15) is 0 Å². The molecule has 1 saturated heterocycles. The summed E-state index contributed by atoms with van der Waals surface area (Å²) >= 11 is 0. The molecule has 2 atom stereocenters. The number of nitrogens with zero attached hydrogens (tertiary/aromatic N) is 1. The number of fused-ring (bicyclic) bond motifs is 5. The number of para-hydroxylation sites is 1. The molecule has 0 aliphatic carbocycles. The Morgan fingerprint density at radius 3 is 3.23 bits per heavy atom. The Labute approximate surface area is 79.4 Å². The average molecular weight is 193 g/mol. The van der Waals surface area contributed by atoms with E-state index in [-0.39, 0.29) is 8.30 Å². The molecular weight excluding hydrogens is 181 g/mol. The van der Waals surface area contributed by atoms with E-state index in [4.69, 9.17) is 4.52 Å². The van der Waals surface area contributed by atoms with Crippen LogP contribution in [-0.2, 0) is 4.52 Å². The van der Waals surface area contributed by atoms with Gasteiger partial charge in [0.25, 0.3) is 0 Å². The molecule has 0 amide bonds. The zero-order chi connectivity index (χ0) is 8.84. The predicted octanol–water partition coefficient (Wildman–Crippen LogP) is 2.56. The van der Waals surface area contributed by atoms with Gasteiger partial charge in [0.2, 0.25) is 0 Å². The molecule has 2 aliphatic rings. The highest BCUT2D eigenvalue weighted by Crippen LogP contribution is 2.54. The molecule has 1 unspecified atom stereocenters. The summed E-state index contributed by atoms with van der Waals surface area (Å²) in [7, 11) is -0.367. The van der Waals surface area contributed by atoms with E-state index in [1.54, 1.807) is 0 Å². The molecule has 1 aromatic rings. The van der Waals surface area contributed by atoms with Gasteiger partial charge in [-0.1, -0.05) is 18.2 Å². The van der Waals surface area contributed by atoms with Crippen molar-refractivity contribution >= 4 is 14.0 Å². The number of anilines is 1. The third kappa shape index (κ3) is 1.02. The van der Waals surface area contributed by atoms with Gasteiger partial charge in [-0.3, -0.25) is 0 Å². The topological polar surface area (TPSA) is 12.5 Å². The zero-order valence-electron chi connectivity index (χ0n) is 7.60. The van der Waals surface area contributed by atoms with Crippen molar-refractivity contribution in [1.82, 2.24) is 0 Å². The number of hydrogen-bond acceptors (Lipinski definition) is 2. The van der Waals surface area contributed by atoms with E-state index in [0.717, 1.165) is 6.61 Å². The second-order valence-corrected chi connectivity index (χ2v) is 5.27. The van der Waals surface area contributed by atoms with Gasteiger partial charge in [-0.05, 0) is 18.3 Å². The van der Waals surface area contributed by atoms with Crippen LogP contribution in [0.25, 0.3) is 0 Å². The van der Waals surface area contributed by atoms with Crippen molar-refractivity contribution < 1.29 is 4.52 Å². The van der Waals surface area contributed by atoms with Crippen LogP contribution in [0.5, 0.6) is 0 Å². The Morgan fingerprint density at radius 2 is 2.31 bits per heavy atom. The normalized spacial score (nSPS) is 30.4. The van der Waals surface area contributed by atoms with Crippen molar-refractivity contribution in [3.05, 3.63) is 29.8 Å². The largest absolute Gasteiger partial charge is 0.338 e. The molecule has 1 aromatic carbocycles. The van der Waals surface area contributed by atoms with Crippen LogP contribution in [0, 0.1) is 0 Å². The molecule has 2 bridgehead atoms. The second-order valence-electron chi connectivity index (χ2n) is 3.60. The molecule has 0 N–H and O–H groups in total. The lowest BCUT2D eigenvalue weighted by Crippen LogP contribution is -2.24. The van der Waals surface area contributed by atoms with Crippen LogP contribution < -0.4 is 4.67 Å². The summed E-state index contributed by atoms with van der Waals surface area (Å²) in [5.74, 6) is 0.620. The van der Waals surface area contributed by atoms with Crippen LogP contribution in [0.4, 0.5) is 5.69 Å². The highest BCUT2D eigenvalue weighted by atomic mass is 31.2. The van der Waals surface area contributed by atoms with Crippen LogP contribution in [0.3, 0.4) is 0 Å². The molecule has 13 heavy (non-hydrogen) atoms. The molecule has 0 radical (unpaired) electrons. The molecule has 0 spiro atoms. The molecule has 3 heteroatoms. The van der Waals surface area contributed by atoms with Gasteiger partial charge in [0.05, 0.1) is 6.61 Å². The van der Waals surface area contributed by atoms with E-state index in [2.05, 4.69) is 35.6 Å². The first-order valence-electron chi connectivity index (χ1n) is 4.59. The Kier molecular flexibility index (Phi) is 1.61. The lowest BCUT2D eigenvalue weighted by Gasteiger charge is -2.30. The van der Waals surface area contributed by atoms with Crippen molar-refractivity contribution in [1.29, 1.82) is 0 Å². The summed E-state index contributed by atoms with van der Waals surface area (Å²) in [6.07, 6.45) is 0. The van der Waals surface area contributed by atoms with Gasteiger partial charge in [-0.25, -0.2) is 0 Å². The Hall–Kier alpha value is -0.590. The summed E-state index contributed by atoms with van der Waals surface area (Å²) in [5, 5.41) is 0. The standard InChI is InChI=1S/C10H12NOP/c1-13-11-6-8(7-12-13)9-4-2-3-5-10(9)11/h2-5,8H,6-7H2,1H3/t8-,13?/m0/s1. The van der Waals surface area contributed by atoms with Crippen molar-refractivity contribution in [2.75, 3.05) is 24.5 Å². The Bertz CT molecular complexity index is 341. The summed E-state index contributed by atoms with van der Waals surface area (Å²) in [5.41, 5.74) is 2.88. The first kappa shape index (κ1) is 7.78. The molecule has 2 nitrogen and oxygen atoms in total. The fourth-order valence-electron chi connectivity index (χ4n) is 2.15. The molecule has 2 aliphatic heterocycles. The number of rotatable bonds is 0. The summed E-state index contributed by atoms with van der Waals surface area (Å²) in [6, 6.07) is 8.68. The van der Waals surface area contributed by atoms with Gasteiger partial charge < -0.3 is 9.19 Å². The summed E-state index contributed by atoms with van der Waals surface area (Å²) < 4.78 is 8.15. The van der Waals surface area contributed by atoms with E-state index in [1.165, 1.54) is 17.8 Å². The van der Waals surface area contributed by atoms with E-state index in [0.29, 0.717) is 5.92 Å². The SMILES string of the molecule is CP1OC[C@@H]2CN1c1ccccc12. The number of hydrogen-bond donors (Lipinski definition) is 0. The molecular formula is C10H12NOP. The van der Waals surface area contributed by atoms with E-state index < -0.39 is 0 Å². The zero-order valence-corrected chi connectivity index (χ0v) is 8.50. The number of benzene rings is 1. The van der Waals surface area contributed by atoms with Crippen LogP contribution in [0.2, 0.25) is 0 Å². The Balaban J connectivity index is 2.13. The van der Waals surface area contributed by atoms with E-state index in [9.17, 15) is 0 Å². The minimum Gasteiger partial charge on any atom is -0.338 e. The predicted molar refractivity (Wildman–Crippen MR) is 55.3 cm³/mol. The highest BCUT2D eigenvalue weighted by Gasteiger charge is 2.36.